The van der Waals surface area contributed by atoms with Gasteiger partial charge in [0.05, 0.1) is 23.9 Å². The van der Waals surface area contributed by atoms with E-state index in [0.717, 1.165) is 5.56 Å². The minimum Gasteiger partial charge on any atom is -0.271 e. The molecule has 0 spiro atoms. The molecule has 1 N–H and O–H groups in total. The molecule has 0 atom stereocenters. The second-order valence-electron chi connectivity index (χ2n) is 4.15. The fourth-order valence-electron chi connectivity index (χ4n) is 1.69. The van der Waals surface area contributed by atoms with E-state index in [2.05, 4.69) is 9.82 Å². The summed E-state index contributed by atoms with van der Waals surface area (Å²) in [5.74, 6) is 0. The zero-order valence-electron chi connectivity index (χ0n) is 10.7. The van der Waals surface area contributed by atoms with Crippen LogP contribution in [0, 0.1) is 11.3 Å². The van der Waals surface area contributed by atoms with Gasteiger partial charge in [0.15, 0.2) is 0 Å². The Hall–Kier alpha value is -2.17. The van der Waals surface area contributed by atoms with E-state index in [1.165, 1.54) is 12.1 Å². The number of rotatable bonds is 6. The van der Waals surface area contributed by atoms with Crippen LogP contribution < -0.4 is 4.72 Å². The molecule has 7 heteroatoms. The molecule has 1 aromatic carbocycles. The van der Waals surface area contributed by atoms with Crippen LogP contribution in [0.15, 0.2) is 47.6 Å². The van der Waals surface area contributed by atoms with Crippen molar-refractivity contribution in [2.75, 3.05) is 6.54 Å². The molecule has 1 aromatic heterocycles. The van der Waals surface area contributed by atoms with Crippen LogP contribution in [0.5, 0.6) is 0 Å². The lowest BCUT2D eigenvalue weighted by Gasteiger charge is -2.07. The van der Waals surface area contributed by atoms with Crippen LogP contribution >= 0.6 is 0 Å². The van der Waals surface area contributed by atoms with Gasteiger partial charge in [0.25, 0.3) is 0 Å². The third-order valence-electron chi connectivity index (χ3n) is 2.71. The zero-order chi connectivity index (χ0) is 14.4. The highest BCUT2D eigenvalue weighted by atomic mass is 32.2. The zero-order valence-corrected chi connectivity index (χ0v) is 11.5. The Labute approximate surface area is 117 Å². The molecule has 0 unspecified atom stereocenters. The van der Waals surface area contributed by atoms with E-state index in [4.69, 9.17) is 5.26 Å². The number of nitrogens with one attached hydrogen (secondary N) is 1. The molecule has 6 nitrogen and oxygen atoms in total. The maximum atomic E-state index is 12.0. The summed E-state index contributed by atoms with van der Waals surface area (Å²) in [5.41, 5.74) is 0.794. The first-order chi connectivity index (χ1) is 9.62. The Balaban J connectivity index is 1.97. The van der Waals surface area contributed by atoms with Crippen LogP contribution in [0.3, 0.4) is 0 Å². The standard InChI is InChI=1S/C13H14N4O2S/c14-7-6-12-2-4-13(5-3-12)20(18,19)16-9-11-17-10-1-8-15-17/h1-5,8,10,16H,6,9,11H2. The minimum absolute atomic E-state index is 0.194. The number of sulfonamides is 1. The van der Waals surface area contributed by atoms with E-state index in [9.17, 15) is 8.42 Å². The van der Waals surface area contributed by atoms with Crippen molar-refractivity contribution >= 4 is 10.0 Å². The summed E-state index contributed by atoms with van der Waals surface area (Å²) >= 11 is 0. The topological polar surface area (TPSA) is 87.8 Å². The van der Waals surface area contributed by atoms with Gasteiger partial charge in [-0.25, -0.2) is 13.1 Å². The van der Waals surface area contributed by atoms with Crippen molar-refractivity contribution in [2.24, 2.45) is 0 Å². The van der Waals surface area contributed by atoms with Crippen molar-refractivity contribution < 1.29 is 8.42 Å². The van der Waals surface area contributed by atoms with Crippen LogP contribution in [-0.4, -0.2) is 24.7 Å². The Morgan fingerprint density at radius 3 is 2.65 bits per heavy atom. The Morgan fingerprint density at radius 2 is 2.05 bits per heavy atom. The van der Waals surface area contributed by atoms with Crippen LogP contribution in [-0.2, 0) is 23.0 Å². The monoisotopic (exact) mass is 290 g/mol. The van der Waals surface area contributed by atoms with E-state index in [1.54, 1.807) is 35.3 Å². The minimum atomic E-state index is -3.52. The first kappa shape index (κ1) is 14.2. The molecular formula is C13H14N4O2S. The third kappa shape index (κ3) is 3.66. The van der Waals surface area contributed by atoms with E-state index in [0.29, 0.717) is 6.54 Å². The van der Waals surface area contributed by atoms with Gasteiger partial charge in [-0.3, -0.25) is 4.68 Å². The van der Waals surface area contributed by atoms with Gasteiger partial charge in [0.2, 0.25) is 10.0 Å². The highest BCUT2D eigenvalue weighted by Gasteiger charge is 2.12. The fraction of sp³-hybridized carbons (Fsp3) is 0.231. The van der Waals surface area contributed by atoms with Gasteiger partial charge in [0, 0.05) is 18.9 Å². The van der Waals surface area contributed by atoms with Gasteiger partial charge < -0.3 is 0 Å². The Morgan fingerprint density at radius 1 is 1.30 bits per heavy atom. The molecule has 0 bridgehead atoms. The fourth-order valence-corrected chi connectivity index (χ4v) is 2.71. The maximum Gasteiger partial charge on any atom is 0.240 e. The normalized spacial score (nSPS) is 11.2. The average molecular weight is 290 g/mol. The van der Waals surface area contributed by atoms with Crippen molar-refractivity contribution in [3.63, 3.8) is 0 Å². The van der Waals surface area contributed by atoms with Crippen molar-refractivity contribution in [3.05, 3.63) is 48.3 Å². The van der Waals surface area contributed by atoms with Gasteiger partial charge in [-0.15, -0.1) is 0 Å². The number of nitrogens with zero attached hydrogens (tertiary/aromatic N) is 3. The second-order valence-corrected chi connectivity index (χ2v) is 5.91. The van der Waals surface area contributed by atoms with E-state index in [1.807, 2.05) is 6.07 Å². The quantitative estimate of drug-likeness (QED) is 0.857. The third-order valence-corrected chi connectivity index (χ3v) is 4.19. The summed E-state index contributed by atoms with van der Waals surface area (Å²) in [4.78, 5) is 0.194. The Bertz CT molecular complexity index is 685. The summed E-state index contributed by atoms with van der Waals surface area (Å²) < 4.78 is 28.2. The van der Waals surface area contributed by atoms with Crippen LogP contribution in [0.2, 0.25) is 0 Å². The smallest absolute Gasteiger partial charge is 0.240 e. The number of aromatic nitrogens is 2. The van der Waals surface area contributed by atoms with Gasteiger partial charge in [-0.05, 0) is 23.8 Å². The van der Waals surface area contributed by atoms with Crippen molar-refractivity contribution in [1.82, 2.24) is 14.5 Å². The molecule has 20 heavy (non-hydrogen) atoms. The average Bonchev–Trinajstić information content (AvgIpc) is 2.93. The summed E-state index contributed by atoms with van der Waals surface area (Å²) in [6.07, 6.45) is 3.68. The lowest BCUT2D eigenvalue weighted by atomic mass is 10.2. The lowest BCUT2D eigenvalue weighted by molar-refractivity contribution is 0.561. The molecule has 0 saturated carbocycles. The summed E-state index contributed by atoms with van der Waals surface area (Å²) in [6, 6.07) is 10.1. The molecule has 0 radical (unpaired) electrons. The van der Waals surface area contributed by atoms with Gasteiger partial charge >= 0.3 is 0 Å². The van der Waals surface area contributed by atoms with Crippen LogP contribution in [0.25, 0.3) is 0 Å². The first-order valence-corrected chi connectivity index (χ1v) is 7.53. The number of benzene rings is 1. The van der Waals surface area contributed by atoms with Gasteiger partial charge in [0.1, 0.15) is 0 Å². The van der Waals surface area contributed by atoms with E-state index < -0.39 is 10.0 Å². The van der Waals surface area contributed by atoms with Crippen LogP contribution in [0.4, 0.5) is 0 Å². The van der Waals surface area contributed by atoms with Crippen molar-refractivity contribution in [2.45, 2.75) is 17.9 Å². The molecule has 2 rings (SSSR count). The molecule has 0 fully saturated rings. The van der Waals surface area contributed by atoms with Crippen molar-refractivity contribution in [1.29, 1.82) is 5.26 Å². The molecule has 1 heterocycles. The Kier molecular flexibility index (Phi) is 4.50. The van der Waals surface area contributed by atoms with E-state index >= 15 is 0 Å². The molecule has 2 aromatic rings. The molecule has 0 aliphatic carbocycles. The molecule has 0 amide bonds. The predicted octanol–water partition coefficient (Wildman–Crippen LogP) is 0.928. The summed E-state index contributed by atoms with van der Waals surface area (Å²) in [7, 11) is -3.52. The second kappa shape index (κ2) is 6.32. The lowest BCUT2D eigenvalue weighted by Crippen LogP contribution is -2.27. The maximum absolute atomic E-state index is 12.0. The highest BCUT2D eigenvalue weighted by molar-refractivity contribution is 7.89. The molecule has 0 aliphatic rings. The molecule has 104 valence electrons. The number of hydrogen-bond donors (Lipinski definition) is 1. The molecular weight excluding hydrogens is 276 g/mol. The van der Waals surface area contributed by atoms with Crippen LogP contribution in [0.1, 0.15) is 5.56 Å². The predicted molar refractivity (Wildman–Crippen MR) is 73.2 cm³/mol. The molecule has 0 aliphatic heterocycles. The summed E-state index contributed by atoms with van der Waals surface area (Å²) in [6.45, 7) is 0.739. The SMILES string of the molecule is N#CCc1ccc(S(=O)(=O)NCCn2cccn2)cc1. The number of hydrogen-bond acceptors (Lipinski definition) is 4. The number of nitriles is 1. The van der Waals surface area contributed by atoms with Gasteiger partial charge in [-0.2, -0.15) is 10.4 Å². The largest absolute Gasteiger partial charge is 0.271 e. The van der Waals surface area contributed by atoms with Gasteiger partial charge in [-0.1, -0.05) is 12.1 Å². The highest BCUT2D eigenvalue weighted by Crippen LogP contribution is 2.10. The van der Waals surface area contributed by atoms with E-state index in [-0.39, 0.29) is 17.9 Å². The first-order valence-electron chi connectivity index (χ1n) is 6.05. The molecule has 0 saturated heterocycles. The summed E-state index contributed by atoms with van der Waals surface area (Å²) in [5, 5.41) is 12.6. The van der Waals surface area contributed by atoms with Crippen molar-refractivity contribution in [3.8, 4) is 6.07 Å².